The van der Waals surface area contributed by atoms with E-state index in [1.807, 2.05) is 18.2 Å². The van der Waals surface area contributed by atoms with Crippen molar-refractivity contribution >= 4 is 34.0 Å². The Kier molecular flexibility index (Phi) is 5.20. The largest absolute Gasteiger partial charge is 0.486 e. The molecule has 2 amide bonds. The lowest BCUT2D eigenvalue weighted by Gasteiger charge is -2.18. The highest BCUT2D eigenvalue weighted by atomic mass is 32.1. The number of fused-ring (bicyclic) bond motifs is 1. The molecule has 1 aromatic heterocycles. The summed E-state index contributed by atoms with van der Waals surface area (Å²) in [5.74, 6) is 0.954. The van der Waals surface area contributed by atoms with Gasteiger partial charge < -0.3 is 14.8 Å². The first kappa shape index (κ1) is 18.0. The number of amides is 2. The molecule has 2 N–H and O–H groups in total. The summed E-state index contributed by atoms with van der Waals surface area (Å²) < 4.78 is 11.0. The fraction of sp³-hybridized carbons (Fsp3) is 0.150. The van der Waals surface area contributed by atoms with E-state index in [-0.39, 0.29) is 18.2 Å². The quantitative estimate of drug-likeness (QED) is 0.692. The molecule has 1 aliphatic heterocycles. The molecule has 1 aliphatic rings. The highest BCUT2D eigenvalue weighted by Crippen LogP contribution is 2.30. The van der Waals surface area contributed by atoms with Crippen LogP contribution in [0.1, 0.15) is 15.9 Å². The second kappa shape index (κ2) is 8.10. The molecule has 0 fully saturated rings. The molecule has 4 rings (SSSR count). The van der Waals surface area contributed by atoms with Gasteiger partial charge in [-0.1, -0.05) is 6.07 Å². The zero-order chi connectivity index (χ0) is 19.3. The summed E-state index contributed by atoms with van der Waals surface area (Å²) in [5, 5.41) is 7.88. The predicted molar refractivity (Wildman–Crippen MR) is 106 cm³/mol. The fourth-order valence-electron chi connectivity index (χ4n) is 2.75. The van der Waals surface area contributed by atoms with Gasteiger partial charge in [-0.25, -0.2) is 4.98 Å². The molecule has 0 atom stereocenters. The van der Waals surface area contributed by atoms with Crippen molar-refractivity contribution in [1.82, 2.24) is 4.98 Å². The van der Waals surface area contributed by atoms with Crippen LogP contribution in [0.25, 0.3) is 0 Å². The van der Waals surface area contributed by atoms with E-state index in [1.54, 1.807) is 35.8 Å². The third-order valence-corrected chi connectivity index (χ3v) is 4.74. The number of hydrogen-bond donors (Lipinski definition) is 2. The molecular weight excluding hydrogens is 378 g/mol. The Labute approximate surface area is 165 Å². The first-order valence-electron chi connectivity index (χ1n) is 8.67. The van der Waals surface area contributed by atoms with E-state index < -0.39 is 0 Å². The third-order valence-electron chi connectivity index (χ3n) is 4.05. The molecule has 7 nitrogen and oxygen atoms in total. The first-order chi connectivity index (χ1) is 13.7. The predicted octanol–water partition coefficient (Wildman–Crippen LogP) is 3.35. The zero-order valence-corrected chi connectivity index (χ0v) is 15.6. The van der Waals surface area contributed by atoms with Crippen LogP contribution in [0.15, 0.2) is 54.0 Å². The van der Waals surface area contributed by atoms with Gasteiger partial charge in [-0.05, 0) is 42.0 Å². The van der Waals surface area contributed by atoms with Crippen LogP contribution < -0.4 is 20.1 Å². The van der Waals surface area contributed by atoms with Gasteiger partial charge in [-0.2, -0.15) is 0 Å². The summed E-state index contributed by atoms with van der Waals surface area (Å²) in [4.78, 5) is 28.5. The molecule has 2 aromatic carbocycles. The molecular formula is C20H17N3O4S. The van der Waals surface area contributed by atoms with Crippen LogP contribution in [0.4, 0.5) is 10.8 Å². The normalized spacial score (nSPS) is 12.3. The monoisotopic (exact) mass is 395 g/mol. The molecule has 0 saturated carbocycles. The number of ether oxygens (including phenoxy) is 2. The van der Waals surface area contributed by atoms with Crippen molar-refractivity contribution in [3.63, 3.8) is 0 Å². The Hall–Kier alpha value is -3.39. The van der Waals surface area contributed by atoms with Crippen molar-refractivity contribution < 1.29 is 19.1 Å². The number of rotatable bonds is 5. The maximum atomic E-state index is 12.3. The topological polar surface area (TPSA) is 89.5 Å². The van der Waals surface area contributed by atoms with Crippen molar-refractivity contribution in [3.8, 4) is 11.5 Å². The summed E-state index contributed by atoms with van der Waals surface area (Å²) in [6.07, 6.45) is 1.84. The molecule has 2 heterocycles. The summed E-state index contributed by atoms with van der Waals surface area (Å²) in [5.41, 5.74) is 1.94. The van der Waals surface area contributed by atoms with Crippen LogP contribution in [-0.4, -0.2) is 30.0 Å². The van der Waals surface area contributed by atoms with E-state index in [0.29, 0.717) is 41.1 Å². The van der Waals surface area contributed by atoms with Crippen LogP contribution >= 0.6 is 11.3 Å². The minimum Gasteiger partial charge on any atom is -0.486 e. The first-order valence-corrected chi connectivity index (χ1v) is 9.54. The van der Waals surface area contributed by atoms with Gasteiger partial charge in [-0.15, -0.1) is 11.3 Å². The minimum atomic E-state index is -0.246. The van der Waals surface area contributed by atoms with Crippen molar-refractivity contribution in [2.45, 2.75) is 6.42 Å². The van der Waals surface area contributed by atoms with E-state index in [4.69, 9.17) is 9.47 Å². The van der Waals surface area contributed by atoms with Gasteiger partial charge in [0.15, 0.2) is 16.6 Å². The van der Waals surface area contributed by atoms with Gasteiger partial charge in [0.1, 0.15) is 13.2 Å². The molecule has 3 aromatic rings. The number of nitrogens with one attached hydrogen (secondary N) is 2. The molecule has 0 bridgehead atoms. The smallest absolute Gasteiger partial charge is 0.257 e. The molecule has 0 unspecified atom stereocenters. The second-order valence-corrected chi connectivity index (χ2v) is 6.97. The molecule has 0 saturated heterocycles. The number of thiazole rings is 1. The third kappa shape index (κ3) is 4.29. The van der Waals surface area contributed by atoms with E-state index in [9.17, 15) is 9.59 Å². The second-order valence-electron chi connectivity index (χ2n) is 6.07. The summed E-state index contributed by atoms with van der Waals surface area (Å²) in [7, 11) is 0. The molecule has 0 radical (unpaired) electrons. The summed E-state index contributed by atoms with van der Waals surface area (Å²) >= 11 is 1.35. The minimum absolute atomic E-state index is 0.156. The molecule has 0 aliphatic carbocycles. The number of aromatic nitrogens is 1. The Morgan fingerprint density at radius 2 is 1.79 bits per heavy atom. The van der Waals surface area contributed by atoms with Gasteiger partial charge in [0.25, 0.3) is 5.91 Å². The SMILES string of the molecule is O=C(Cc1ccc2c(c1)OCCO2)Nc1ccc(C(=O)Nc2nccs2)cc1. The van der Waals surface area contributed by atoms with Crippen LogP contribution in [0.3, 0.4) is 0 Å². The lowest BCUT2D eigenvalue weighted by atomic mass is 10.1. The van der Waals surface area contributed by atoms with Gasteiger partial charge in [0.05, 0.1) is 6.42 Å². The van der Waals surface area contributed by atoms with Crippen molar-refractivity contribution in [2.24, 2.45) is 0 Å². The number of carbonyl (C=O) groups excluding carboxylic acids is 2. The Bertz CT molecular complexity index is 987. The van der Waals surface area contributed by atoms with E-state index >= 15 is 0 Å². The summed E-state index contributed by atoms with van der Waals surface area (Å²) in [6.45, 7) is 1.04. The van der Waals surface area contributed by atoms with Crippen molar-refractivity contribution in [3.05, 3.63) is 65.2 Å². The fourth-order valence-corrected chi connectivity index (χ4v) is 3.27. The standard InChI is InChI=1S/C20H17N3O4S/c24-18(12-13-1-6-16-17(11-13)27-9-8-26-16)22-15-4-2-14(3-5-15)19(25)23-20-21-7-10-28-20/h1-7,10-11H,8-9,12H2,(H,22,24)(H,21,23,25). The zero-order valence-electron chi connectivity index (χ0n) is 14.8. The van der Waals surface area contributed by atoms with Crippen molar-refractivity contribution in [2.75, 3.05) is 23.8 Å². The van der Waals surface area contributed by atoms with Crippen molar-refractivity contribution in [1.29, 1.82) is 0 Å². The average molecular weight is 395 g/mol. The highest BCUT2D eigenvalue weighted by molar-refractivity contribution is 7.13. The maximum absolute atomic E-state index is 12.3. The number of benzene rings is 2. The Morgan fingerprint density at radius 1 is 1.00 bits per heavy atom. The molecule has 0 spiro atoms. The number of anilines is 2. The van der Waals surface area contributed by atoms with Crippen LogP contribution in [0.2, 0.25) is 0 Å². The lowest BCUT2D eigenvalue weighted by Crippen LogP contribution is -2.17. The average Bonchev–Trinajstić information content (AvgIpc) is 3.21. The molecule has 8 heteroatoms. The summed E-state index contributed by atoms with van der Waals surface area (Å²) in [6, 6.07) is 12.2. The maximum Gasteiger partial charge on any atom is 0.257 e. The number of nitrogens with zero attached hydrogens (tertiary/aromatic N) is 1. The van der Waals surface area contributed by atoms with Gasteiger partial charge >= 0.3 is 0 Å². The van der Waals surface area contributed by atoms with Gasteiger partial charge in [0.2, 0.25) is 5.91 Å². The number of hydrogen-bond acceptors (Lipinski definition) is 6. The van der Waals surface area contributed by atoms with E-state index in [2.05, 4.69) is 15.6 Å². The van der Waals surface area contributed by atoms with Crippen LogP contribution in [0.5, 0.6) is 11.5 Å². The Morgan fingerprint density at radius 3 is 2.54 bits per heavy atom. The number of carbonyl (C=O) groups is 2. The van der Waals surface area contributed by atoms with Crippen LogP contribution in [0, 0.1) is 0 Å². The lowest BCUT2D eigenvalue weighted by molar-refractivity contribution is -0.115. The highest BCUT2D eigenvalue weighted by Gasteiger charge is 2.13. The van der Waals surface area contributed by atoms with Gasteiger partial charge in [-0.3, -0.25) is 14.9 Å². The molecule has 142 valence electrons. The van der Waals surface area contributed by atoms with E-state index in [0.717, 1.165) is 5.56 Å². The van der Waals surface area contributed by atoms with E-state index in [1.165, 1.54) is 11.3 Å². The Balaban J connectivity index is 1.35. The van der Waals surface area contributed by atoms with Gasteiger partial charge in [0, 0.05) is 22.8 Å². The van der Waals surface area contributed by atoms with Crippen LogP contribution in [-0.2, 0) is 11.2 Å². The molecule has 28 heavy (non-hydrogen) atoms.